The summed E-state index contributed by atoms with van der Waals surface area (Å²) in [6.07, 6.45) is 4.63. The third kappa shape index (κ3) is 3.19. The molecule has 1 aliphatic heterocycles. The zero-order valence-corrected chi connectivity index (χ0v) is 8.53. The maximum atomic E-state index is 5.35. The Morgan fingerprint density at radius 1 is 1.54 bits per heavy atom. The zero-order valence-electron chi connectivity index (χ0n) is 8.53. The van der Waals surface area contributed by atoms with Crippen molar-refractivity contribution in [3.8, 4) is 0 Å². The minimum atomic E-state index is 0.592. The van der Waals surface area contributed by atoms with Gasteiger partial charge in [0.25, 0.3) is 0 Å². The SMILES string of the molecule is CC(C)N1CCCN=C(C=CN)C1. The molecule has 0 aromatic heterocycles. The molecule has 0 spiro atoms. The summed E-state index contributed by atoms with van der Waals surface area (Å²) in [5.41, 5.74) is 6.46. The Morgan fingerprint density at radius 3 is 2.92 bits per heavy atom. The number of aliphatic imine (C=N–C) groups is 1. The molecule has 1 heterocycles. The minimum Gasteiger partial charge on any atom is -0.405 e. The summed E-state index contributed by atoms with van der Waals surface area (Å²) in [5, 5.41) is 0. The van der Waals surface area contributed by atoms with E-state index in [0.717, 1.165) is 31.8 Å². The van der Waals surface area contributed by atoms with Crippen LogP contribution in [0.15, 0.2) is 17.3 Å². The second-order valence-electron chi connectivity index (χ2n) is 3.65. The molecular weight excluding hydrogens is 162 g/mol. The molecule has 0 saturated carbocycles. The fourth-order valence-electron chi connectivity index (χ4n) is 1.49. The van der Waals surface area contributed by atoms with Crippen molar-refractivity contribution in [3.05, 3.63) is 12.3 Å². The molecule has 0 aromatic rings. The monoisotopic (exact) mass is 181 g/mol. The van der Waals surface area contributed by atoms with E-state index in [1.807, 2.05) is 6.08 Å². The van der Waals surface area contributed by atoms with Crippen molar-refractivity contribution >= 4 is 5.71 Å². The highest BCUT2D eigenvalue weighted by Crippen LogP contribution is 2.05. The normalized spacial score (nSPS) is 20.7. The largest absolute Gasteiger partial charge is 0.405 e. The lowest BCUT2D eigenvalue weighted by molar-refractivity contribution is 0.257. The van der Waals surface area contributed by atoms with Gasteiger partial charge in [0, 0.05) is 25.7 Å². The first-order chi connectivity index (χ1) is 6.24. The molecule has 0 bridgehead atoms. The van der Waals surface area contributed by atoms with E-state index in [9.17, 15) is 0 Å². The molecule has 0 unspecified atom stereocenters. The van der Waals surface area contributed by atoms with Gasteiger partial charge in [-0.1, -0.05) is 0 Å². The van der Waals surface area contributed by atoms with Crippen LogP contribution in [0.2, 0.25) is 0 Å². The topological polar surface area (TPSA) is 41.6 Å². The Hall–Kier alpha value is -0.830. The molecule has 1 aliphatic rings. The van der Waals surface area contributed by atoms with Crippen LogP contribution in [0.5, 0.6) is 0 Å². The Labute approximate surface area is 80.3 Å². The van der Waals surface area contributed by atoms with Gasteiger partial charge in [-0.05, 0) is 32.5 Å². The van der Waals surface area contributed by atoms with Crippen LogP contribution in [-0.2, 0) is 0 Å². The molecule has 3 heteroatoms. The van der Waals surface area contributed by atoms with Crippen LogP contribution in [-0.4, -0.2) is 36.3 Å². The van der Waals surface area contributed by atoms with Crippen molar-refractivity contribution in [1.82, 2.24) is 4.90 Å². The van der Waals surface area contributed by atoms with Crippen LogP contribution in [0.25, 0.3) is 0 Å². The number of hydrogen-bond acceptors (Lipinski definition) is 3. The molecule has 74 valence electrons. The van der Waals surface area contributed by atoms with Crippen LogP contribution in [0.1, 0.15) is 20.3 Å². The Morgan fingerprint density at radius 2 is 2.31 bits per heavy atom. The molecule has 0 amide bonds. The molecule has 0 radical (unpaired) electrons. The van der Waals surface area contributed by atoms with Crippen LogP contribution in [0, 0.1) is 0 Å². The summed E-state index contributed by atoms with van der Waals surface area (Å²) in [4.78, 5) is 6.88. The van der Waals surface area contributed by atoms with E-state index in [0.29, 0.717) is 6.04 Å². The quantitative estimate of drug-likeness (QED) is 0.691. The van der Waals surface area contributed by atoms with Crippen molar-refractivity contribution in [2.45, 2.75) is 26.3 Å². The van der Waals surface area contributed by atoms with E-state index < -0.39 is 0 Å². The maximum Gasteiger partial charge on any atom is 0.0503 e. The second-order valence-corrected chi connectivity index (χ2v) is 3.65. The summed E-state index contributed by atoms with van der Waals surface area (Å²) < 4.78 is 0. The first-order valence-corrected chi connectivity index (χ1v) is 4.89. The van der Waals surface area contributed by atoms with Gasteiger partial charge in [0.05, 0.1) is 5.71 Å². The van der Waals surface area contributed by atoms with Gasteiger partial charge in [0.2, 0.25) is 0 Å². The number of hydrogen-bond donors (Lipinski definition) is 1. The van der Waals surface area contributed by atoms with Gasteiger partial charge < -0.3 is 5.73 Å². The highest BCUT2D eigenvalue weighted by atomic mass is 15.2. The molecule has 13 heavy (non-hydrogen) atoms. The standard InChI is InChI=1S/C10H19N3/c1-9(2)13-7-3-6-12-10(8-13)4-5-11/h4-5,9H,3,6-8,11H2,1-2H3. The van der Waals surface area contributed by atoms with E-state index in [1.165, 1.54) is 0 Å². The summed E-state index contributed by atoms with van der Waals surface area (Å²) in [7, 11) is 0. The second kappa shape index (κ2) is 5.02. The molecule has 0 aliphatic carbocycles. The van der Waals surface area contributed by atoms with Crippen molar-refractivity contribution in [2.24, 2.45) is 10.7 Å². The van der Waals surface area contributed by atoms with Gasteiger partial charge in [-0.2, -0.15) is 0 Å². The van der Waals surface area contributed by atoms with E-state index in [2.05, 4.69) is 23.7 Å². The lowest BCUT2D eigenvalue weighted by Gasteiger charge is -2.24. The molecule has 0 fully saturated rings. The van der Waals surface area contributed by atoms with Gasteiger partial charge in [0.15, 0.2) is 0 Å². The lowest BCUT2D eigenvalue weighted by Crippen LogP contribution is -2.34. The van der Waals surface area contributed by atoms with Gasteiger partial charge in [0.1, 0.15) is 0 Å². The van der Waals surface area contributed by atoms with Crippen LogP contribution in [0.4, 0.5) is 0 Å². The van der Waals surface area contributed by atoms with E-state index in [1.54, 1.807) is 6.20 Å². The van der Waals surface area contributed by atoms with Gasteiger partial charge in [-0.25, -0.2) is 0 Å². The average molecular weight is 181 g/mol. The summed E-state index contributed by atoms with van der Waals surface area (Å²) in [6, 6.07) is 0.592. The van der Waals surface area contributed by atoms with Crippen molar-refractivity contribution in [1.29, 1.82) is 0 Å². The first kappa shape index (κ1) is 10.3. The zero-order chi connectivity index (χ0) is 9.68. The third-order valence-electron chi connectivity index (χ3n) is 2.30. The lowest BCUT2D eigenvalue weighted by atomic mass is 10.2. The molecular formula is C10H19N3. The fraction of sp³-hybridized carbons (Fsp3) is 0.700. The summed E-state index contributed by atoms with van der Waals surface area (Å²) >= 11 is 0. The Kier molecular flexibility index (Phi) is 3.96. The van der Waals surface area contributed by atoms with E-state index >= 15 is 0 Å². The Bertz CT molecular complexity index is 206. The van der Waals surface area contributed by atoms with Crippen molar-refractivity contribution in [2.75, 3.05) is 19.6 Å². The molecule has 0 saturated heterocycles. The third-order valence-corrected chi connectivity index (χ3v) is 2.30. The smallest absolute Gasteiger partial charge is 0.0503 e. The molecule has 2 N–H and O–H groups in total. The highest BCUT2D eigenvalue weighted by molar-refractivity contribution is 5.96. The van der Waals surface area contributed by atoms with Crippen LogP contribution < -0.4 is 5.73 Å². The van der Waals surface area contributed by atoms with Gasteiger partial charge >= 0.3 is 0 Å². The predicted molar refractivity (Wildman–Crippen MR) is 57.0 cm³/mol. The van der Waals surface area contributed by atoms with E-state index in [4.69, 9.17) is 5.73 Å². The molecule has 0 atom stereocenters. The number of rotatable bonds is 2. The summed E-state index contributed by atoms with van der Waals surface area (Å²) in [5.74, 6) is 0. The highest BCUT2D eigenvalue weighted by Gasteiger charge is 2.13. The first-order valence-electron chi connectivity index (χ1n) is 4.89. The van der Waals surface area contributed by atoms with Crippen molar-refractivity contribution < 1.29 is 0 Å². The summed E-state index contributed by atoms with van der Waals surface area (Å²) in [6.45, 7) is 7.45. The Balaban J connectivity index is 2.60. The number of nitrogens with zero attached hydrogens (tertiary/aromatic N) is 2. The molecule has 1 rings (SSSR count). The van der Waals surface area contributed by atoms with Gasteiger partial charge in [-0.15, -0.1) is 0 Å². The fourth-order valence-corrected chi connectivity index (χ4v) is 1.49. The average Bonchev–Trinajstić information content (AvgIpc) is 2.30. The van der Waals surface area contributed by atoms with Crippen molar-refractivity contribution in [3.63, 3.8) is 0 Å². The predicted octanol–water partition coefficient (Wildman–Crippen LogP) is 1.01. The van der Waals surface area contributed by atoms with Crippen LogP contribution >= 0.6 is 0 Å². The van der Waals surface area contributed by atoms with Gasteiger partial charge in [-0.3, -0.25) is 9.89 Å². The maximum absolute atomic E-state index is 5.35. The van der Waals surface area contributed by atoms with Crippen LogP contribution in [0.3, 0.4) is 0 Å². The van der Waals surface area contributed by atoms with E-state index in [-0.39, 0.29) is 0 Å². The number of nitrogens with two attached hydrogens (primary N) is 1. The molecule has 0 aromatic carbocycles. The molecule has 3 nitrogen and oxygen atoms in total. The minimum absolute atomic E-state index is 0.592.